The van der Waals surface area contributed by atoms with Crippen LogP contribution in [0.3, 0.4) is 0 Å². The van der Waals surface area contributed by atoms with E-state index in [9.17, 15) is 4.79 Å². The second-order valence-electron chi connectivity index (χ2n) is 3.55. The van der Waals surface area contributed by atoms with Crippen LogP contribution >= 0.6 is 0 Å². The van der Waals surface area contributed by atoms with Gasteiger partial charge in [-0.05, 0) is 24.3 Å². The Kier molecular flexibility index (Phi) is 2.30. The first-order valence-corrected chi connectivity index (χ1v) is 4.69. The zero-order valence-corrected chi connectivity index (χ0v) is 8.05. The van der Waals surface area contributed by atoms with Crippen molar-refractivity contribution in [2.75, 3.05) is 11.4 Å². The van der Waals surface area contributed by atoms with Crippen molar-refractivity contribution in [3.63, 3.8) is 0 Å². The number of nitriles is 1. The summed E-state index contributed by atoms with van der Waals surface area (Å²) in [4.78, 5) is 13.1. The van der Waals surface area contributed by atoms with Gasteiger partial charge in [0.1, 0.15) is 5.75 Å². The molecule has 2 rings (SSSR count). The predicted octanol–water partition coefficient (Wildman–Crippen LogP) is 1.27. The smallest absolute Gasteiger partial charge is 0.228 e. The molecule has 0 saturated carbocycles. The quantitative estimate of drug-likeness (QED) is 0.745. The zero-order chi connectivity index (χ0) is 10.8. The van der Waals surface area contributed by atoms with E-state index in [1.165, 1.54) is 12.1 Å². The lowest BCUT2D eigenvalue weighted by Crippen LogP contribution is -2.24. The van der Waals surface area contributed by atoms with E-state index in [4.69, 9.17) is 10.4 Å². The van der Waals surface area contributed by atoms with Crippen LogP contribution in [0.2, 0.25) is 0 Å². The topological polar surface area (TPSA) is 64.3 Å². The lowest BCUT2D eigenvalue weighted by Gasteiger charge is -2.15. The highest BCUT2D eigenvalue weighted by Gasteiger charge is 2.30. The molecule has 0 radical (unpaired) electrons. The molecule has 0 aromatic heterocycles. The summed E-state index contributed by atoms with van der Waals surface area (Å²) in [6.07, 6.45) is 0.289. The number of amides is 1. The Balaban J connectivity index is 2.22. The number of carbonyl (C=O) groups is 1. The minimum absolute atomic E-state index is 0.0350. The maximum atomic E-state index is 11.5. The summed E-state index contributed by atoms with van der Waals surface area (Å²) in [6, 6.07) is 8.50. The van der Waals surface area contributed by atoms with Gasteiger partial charge in [-0.1, -0.05) is 0 Å². The van der Waals surface area contributed by atoms with Gasteiger partial charge in [0.2, 0.25) is 5.91 Å². The van der Waals surface area contributed by atoms with Crippen LogP contribution in [0.1, 0.15) is 6.42 Å². The van der Waals surface area contributed by atoms with E-state index in [-0.39, 0.29) is 24.0 Å². The van der Waals surface area contributed by atoms with Gasteiger partial charge in [-0.3, -0.25) is 4.79 Å². The van der Waals surface area contributed by atoms with Crippen molar-refractivity contribution in [3.05, 3.63) is 24.3 Å². The Morgan fingerprint density at radius 1 is 1.40 bits per heavy atom. The molecule has 76 valence electrons. The number of carbonyl (C=O) groups excluding carboxylic acids is 1. The van der Waals surface area contributed by atoms with E-state index in [2.05, 4.69) is 6.07 Å². The van der Waals surface area contributed by atoms with Crippen LogP contribution in [0.15, 0.2) is 24.3 Å². The number of aromatic hydroxyl groups is 1. The van der Waals surface area contributed by atoms with Gasteiger partial charge in [-0.2, -0.15) is 5.26 Å². The number of hydrogen-bond acceptors (Lipinski definition) is 3. The molecule has 0 bridgehead atoms. The molecular formula is C11H10N2O2. The number of hydrogen-bond donors (Lipinski definition) is 1. The molecule has 1 N–H and O–H groups in total. The summed E-state index contributed by atoms with van der Waals surface area (Å²) in [5.74, 6) is -0.0826. The molecular weight excluding hydrogens is 192 g/mol. The highest BCUT2D eigenvalue weighted by Crippen LogP contribution is 2.25. The third-order valence-electron chi connectivity index (χ3n) is 2.47. The zero-order valence-electron chi connectivity index (χ0n) is 8.05. The first-order valence-electron chi connectivity index (χ1n) is 4.69. The number of rotatable bonds is 1. The fraction of sp³-hybridized carbons (Fsp3) is 0.273. The average Bonchev–Trinajstić information content (AvgIpc) is 2.61. The first-order chi connectivity index (χ1) is 7.20. The molecule has 1 aliphatic heterocycles. The average molecular weight is 202 g/mol. The molecule has 1 unspecified atom stereocenters. The van der Waals surface area contributed by atoms with Crippen LogP contribution in [0.25, 0.3) is 0 Å². The van der Waals surface area contributed by atoms with Crippen LogP contribution in [0.5, 0.6) is 5.75 Å². The molecule has 4 nitrogen and oxygen atoms in total. The van der Waals surface area contributed by atoms with Crippen LogP contribution in [0.4, 0.5) is 5.69 Å². The maximum absolute atomic E-state index is 11.5. The van der Waals surface area contributed by atoms with Gasteiger partial charge in [0, 0.05) is 18.7 Å². The molecule has 1 aliphatic rings. The standard InChI is InChI=1S/C11H10N2O2/c12-6-8-5-11(15)13(7-8)9-1-3-10(14)4-2-9/h1-4,8,14H,5,7H2. The third kappa shape index (κ3) is 1.77. The van der Waals surface area contributed by atoms with Crippen LogP contribution < -0.4 is 4.90 Å². The lowest BCUT2D eigenvalue weighted by atomic mass is 10.1. The van der Waals surface area contributed by atoms with E-state index in [0.717, 1.165) is 5.69 Å². The predicted molar refractivity (Wildman–Crippen MR) is 54.2 cm³/mol. The fourth-order valence-corrected chi connectivity index (χ4v) is 1.68. The van der Waals surface area contributed by atoms with E-state index in [0.29, 0.717) is 6.54 Å². The van der Waals surface area contributed by atoms with Crippen molar-refractivity contribution >= 4 is 11.6 Å². The second-order valence-corrected chi connectivity index (χ2v) is 3.55. The Morgan fingerprint density at radius 2 is 2.07 bits per heavy atom. The molecule has 1 amide bonds. The summed E-state index contributed by atoms with van der Waals surface area (Å²) in [5.41, 5.74) is 0.732. The van der Waals surface area contributed by atoms with Crippen molar-refractivity contribution < 1.29 is 9.90 Å². The Labute approximate surface area is 87.4 Å². The van der Waals surface area contributed by atoms with E-state index < -0.39 is 0 Å². The molecule has 1 atom stereocenters. The summed E-state index contributed by atoms with van der Waals surface area (Å²) >= 11 is 0. The first kappa shape index (κ1) is 9.53. The summed E-state index contributed by atoms with van der Waals surface area (Å²) < 4.78 is 0. The van der Waals surface area contributed by atoms with Crippen LogP contribution in [-0.2, 0) is 4.79 Å². The van der Waals surface area contributed by atoms with Gasteiger partial charge in [0.15, 0.2) is 0 Å². The van der Waals surface area contributed by atoms with Gasteiger partial charge in [-0.15, -0.1) is 0 Å². The molecule has 1 saturated heterocycles. The van der Waals surface area contributed by atoms with E-state index >= 15 is 0 Å². The molecule has 0 spiro atoms. The van der Waals surface area contributed by atoms with Crippen molar-refractivity contribution in [2.24, 2.45) is 5.92 Å². The SMILES string of the molecule is N#CC1CC(=O)N(c2ccc(O)cc2)C1. The number of benzene rings is 1. The summed E-state index contributed by atoms with van der Waals surface area (Å²) in [7, 11) is 0. The molecule has 4 heteroatoms. The molecule has 1 heterocycles. The lowest BCUT2D eigenvalue weighted by molar-refractivity contribution is -0.117. The number of anilines is 1. The van der Waals surface area contributed by atoms with Gasteiger partial charge < -0.3 is 10.0 Å². The second kappa shape index (κ2) is 3.62. The Hall–Kier alpha value is -2.02. The third-order valence-corrected chi connectivity index (χ3v) is 2.47. The number of phenols is 1. The van der Waals surface area contributed by atoms with Crippen molar-refractivity contribution in [3.8, 4) is 11.8 Å². The fourth-order valence-electron chi connectivity index (χ4n) is 1.68. The van der Waals surface area contributed by atoms with Gasteiger partial charge >= 0.3 is 0 Å². The number of phenolic OH excluding ortho intramolecular Hbond substituents is 1. The van der Waals surface area contributed by atoms with Crippen molar-refractivity contribution in [1.29, 1.82) is 5.26 Å². The van der Waals surface area contributed by atoms with Crippen molar-refractivity contribution in [1.82, 2.24) is 0 Å². The monoisotopic (exact) mass is 202 g/mol. The van der Waals surface area contributed by atoms with Crippen LogP contribution in [0, 0.1) is 17.2 Å². The summed E-state index contributed by atoms with van der Waals surface area (Å²) in [6.45, 7) is 0.445. The van der Waals surface area contributed by atoms with E-state index in [1.807, 2.05) is 0 Å². The van der Waals surface area contributed by atoms with Gasteiger partial charge in [0.05, 0.1) is 12.0 Å². The maximum Gasteiger partial charge on any atom is 0.228 e. The highest BCUT2D eigenvalue weighted by atomic mass is 16.3. The van der Waals surface area contributed by atoms with Crippen LogP contribution in [-0.4, -0.2) is 17.6 Å². The Morgan fingerprint density at radius 3 is 2.60 bits per heavy atom. The van der Waals surface area contributed by atoms with E-state index in [1.54, 1.807) is 17.0 Å². The molecule has 1 aromatic carbocycles. The molecule has 1 fully saturated rings. The summed E-state index contributed by atoms with van der Waals surface area (Å²) in [5, 5.41) is 17.8. The highest BCUT2D eigenvalue weighted by molar-refractivity contribution is 5.96. The van der Waals surface area contributed by atoms with Gasteiger partial charge in [0.25, 0.3) is 0 Å². The minimum atomic E-state index is -0.216. The normalized spacial score (nSPS) is 20.3. The Bertz CT molecular complexity index is 419. The molecule has 0 aliphatic carbocycles. The largest absolute Gasteiger partial charge is 0.508 e. The minimum Gasteiger partial charge on any atom is -0.508 e. The molecule has 1 aromatic rings. The number of nitrogens with zero attached hydrogens (tertiary/aromatic N) is 2. The van der Waals surface area contributed by atoms with Gasteiger partial charge in [-0.25, -0.2) is 0 Å². The van der Waals surface area contributed by atoms with Crippen molar-refractivity contribution in [2.45, 2.75) is 6.42 Å². The molecule has 15 heavy (non-hydrogen) atoms.